The Morgan fingerprint density at radius 3 is 1.43 bits per heavy atom. The fraction of sp³-hybridized carbons (Fsp3) is 0.638. The lowest BCUT2D eigenvalue weighted by Gasteiger charge is -2.31. The van der Waals surface area contributed by atoms with E-state index in [-0.39, 0.29) is 101 Å². The Bertz CT molecular complexity index is 2920. The van der Waals surface area contributed by atoms with Gasteiger partial charge in [0.05, 0.1) is 6.42 Å². The number of rotatable bonds is 47. The van der Waals surface area contributed by atoms with Gasteiger partial charge in [0.1, 0.15) is 53.4 Å². The van der Waals surface area contributed by atoms with Crippen LogP contribution in [-0.2, 0) is 65.6 Å². The minimum Gasteiger partial charge on any atom is -0.370 e. The maximum absolute atomic E-state index is 15.0. The van der Waals surface area contributed by atoms with Gasteiger partial charge < -0.3 is 81.8 Å². The van der Waals surface area contributed by atoms with E-state index in [1.807, 2.05) is 19.9 Å². The van der Waals surface area contributed by atoms with Crippen LogP contribution in [0.3, 0.4) is 0 Å². The molecule has 20 N–H and O–H groups in total. The molecule has 1 aliphatic heterocycles. The molecule has 1 heterocycles. The molecule has 2 aromatic rings. The molecule has 28 heteroatoms. The Morgan fingerprint density at radius 2 is 0.948 bits per heavy atom. The zero-order chi connectivity index (χ0) is 72.1. The third-order valence-electron chi connectivity index (χ3n) is 16.8. The highest BCUT2D eigenvalue weighted by Gasteiger charge is 2.41. The van der Waals surface area contributed by atoms with Crippen LogP contribution in [0.15, 0.2) is 70.6 Å². The third-order valence-corrected chi connectivity index (χ3v) is 16.8. The first-order valence-corrected chi connectivity index (χ1v) is 34.5. The zero-order valence-electron chi connectivity index (χ0n) is 58.3. The molecule has 11 amide bonds. The molecule has 1 saturated heterocycles. The topological polar surface area (TPSA) is 468 Å². The first kappa shape index (κ1) is 82.4. The van der Waals surface area contributed by atoms with Crippen molar-refractivity contribution in [3.05, 3.63) is 71.8 Å². The summed E-state index contributed by atoms with van der Waals surface area (Å²) in [4.78, 5) is 162. The Labute approximate surface area is 572 Å². The molecule has 3 rings (SSSR count). The SMILES string of the molecule is CCCCCCCCCCCCCCCC(=O)NC(C)(C)C(=O)N[C@@H](Cc1ccccc1)C(=O)N[C@@H](CC(C)C)C(=O)N[C@@H](Cc1ccccc1)C(=O)N[C@@H](CCCN=C(N)N)C(=O)N1CCC[C@H]1C(=O)N[C@@H](CCCN=C(N)N)C(=O)N[C@@H](CC(N)=O)C(=O)NC(C)(C)C(N)=O. The highest BCUT2D eigenvalue weighted by Crippen LogP contribution is 2.22. The van der Waals surface area contributed by atoms with Crippen molar-refractivity contribution in [1.82, 2.24) is 47.4 Å². The Balaban J connectivity index is 1.90. The van der Waals surface area contributed by atoms with Crippen molar-refractivity contribution >= 4 is 76.9 Å². The van der Waals surface area contributed by atoms with Crippen LogP contribution in [0.4, 0.5) is 0 Å². The summed E-state index contributed by atoms with van der Waals surface area (Å²) < 4.78 is 0. The van der Waals surface area contributed by atoms with Crippen molar-refractivity contribution in [2.45, 2.75) is 256 Å². The van der Waals surface area contributed by atoms with Gasteiger partial charge in [0.2, 0.25) is 65.0 Å². The molecule has 1 aliphatic rings. The molecule has 0 spiro atoms. The van der Waals surface area contributed by atoms with Crippen LogP contribution in [-0.4, -0.2) is 155 Å². The number of hydrogen-bond acceptors (Lipinski definition) is 13. The molecule has 0 aliphatic carbocycles. The molecular weight excluding hydrogens is 1240 g/mol. The summed E-state index contributed by atoms with van der Waals surface area (Å²) in [6, 6.07) is 8.26. The number of nitrogens with one attached hydrogen (secondary N) is 8. The number of nitrogens with two attached hydrogens (primary N) is 6. The fourth-order valence-corrected chi connectivity index (χ4v) is 11.2. The maximum atomic E-state index is 15.0. The molecule has 0 bridgehead atoms. The number of unbranched alkanes of at least 4 members (excludes halogenated alkanes) is 12. The van der Waals surface area contributed by atoms with Gasteiger partial charge in [-0.25, -0.2) is 0 Å². The lowest BCUT2D eigenvalue weighted by molar-refractivity contribution is -0.143. The van der Waals surface area contributed by atoms with E-state index in [9.17, 15) is 52.7 Å². The second-order valence-electron chi connectivity index (χ2n) is 26.7. The van der Waals surface area contributed by atoms with Crippen molar-refractivity contribution in [2.24, 2.45) is 50.3 Å². The number of nitrogens with zero attached hydrogens (tertiary/aromatic N) is 3. The molecule has 0 radical (unpaired) electrons. The number of primary amides is 2. The van der Waals surface area contributed by atoms with Crippen LogP contribution in [0.25, 0.3) is 0 Å². The van der Waals surface area contributed by atoms with Gasteiger partial charge in [-0.2, -0.15) is 0 Å². The summed E-state index contributed by atoms with van der Waals surface area (Å²) in [7, 11) is 0. The molecule has 97 heavy (non-hydrogen) atoms. The molecule has 540 valence electrons. The largest absolute Gasteiger partial charge is 0.370 e. The Hall–Kier alpha value is -8.85. The highest BCUT2D eigenvalue weighted by atomic mass is 16.2. The minimum atomic E-state index is -1.62. The number of aliphatic imine (C=N–C) groups is 2. The number of carbonyl (C=O) groups is 11. The van der Waals surface area contributed by atoms with E-state index in [1.54, 1.807) is 68.4 Å². The number of carbonyl (C=O) groups excluding carboxylic acids is 11. The van der Waals surface area contributed by atoms with E-state index < -0.39 is 119 Å². The van der Waals surface area contributed by atoms with Gasteiger partial charge in [0.25, 0.3) is 0 Å². The van der Waals surface area contributed by atoms with Gasteiger partial charge in [0, 0.05) is 38.9 Å². The molecular formula is C69H113N17O11. The van der Waals surface area contributed by atoms with Gasteiger partial charge in [-0.3, -0.25) is 62.7 Å². The third kappa shape index (κ3) is 32.2. The lowest BCUT2D eigenvalue weighted by Crippen LogP contribution is -2.62. The van der Waals surface area contributed by atoms with Gasteiger partial charge in [-0.1, -0.05) is 158 Å². The molecule has 0 saturated carbocycles. The quantitative estimate of drug-likeness (QED) is 0.0257. The van der Waals surface area contributed by atoms with Crippen molar-refractivity contribution < 1.29 is 52.7 Å². The summed E-state index contributed by atoms with van der Waals surface area (Å²) in [5.41, 5.74) is 31.5. The Kier molecular flexibility index (Phi) is 36.8. The molecule has 0 aromatic heterocycles. The van der Waals surface area contributed by atoms with E-state index in [1.165, 1.54) is 76.5 Å². The molecule has 28 nitrogen and oxygen atoms in total. The van der Waals surface area contributed by atoms with E-state index in [4.69, 9.17) is 34.4 Å². The number of likely N-dealkylation sites (tertiary alicyclic amines) is 1. The second-order valence-corrected chi connectivity index (χ2v) is 26.7. The first-order valence-electron chi connectivity index (χ1n) is 34.5. The zero-order valence-corrected chi connectivity index (χ0v) is 58.3. The summed E-state index contributed by atoms with van der Waals surface area (Å²) in [5.74, 6) is -9.11. The molecule has 7 atom stereocenters. The van der Waals surface area contributed by atoms with E-state index >= 15 is 0 Å². The summed E-state index contributed by atoms with van der Waals surface area (Å²) >= 11 is 0. The normalized spacial score (nSPS) is 14.8. The smallest absolute Gasteiger partial charge is 0.245 e. The van der Waals surface area contributed by atoms with Crippen LogP contribution in [0.2, 0.25) is 0 Å². The van der Waals surface area contributed by atoms with Gasteiger partial charge in [0.15, 0.2) is 11.9 Å². The average Bonchev–Trinajstić information content (AvgIpc) is 1.80. The number of benzene rings is 2. The van der Waals surface area contributed by atoms with Gasteiger partial charge >= 0.3 is 0 Å². The van der Waals surface area contributed by atoms with Crippen LogP contribution < -0.4 is 76.9 Å². The van der Waals surface area contributed by atoms with E-state index in [2.05, 4.69) is 59.4 Å². The number of hydrogen-bond donors (Lipinski definition) is 14. The van der Waals surface area contributed by atoms with Crippen LogP contribution in [0.1, 0.15) is 201 Å². The number of amides is 11. The lowest BCUT2D eigenvalue weighted by atomic mass is 9.98. The second kappa shape index (κ2) is 43.4. The molecule has 1 fully saturated rings. The first-order chi connectivity index (χ1) is 45.9. The standard InChI is InChI=1S/C69H113N17O11/c1-8-9-10-11-12-13-14-15-16-17-18-19-26-37-56(88)84-69(6,7)65(97)83-52(43-47-32-24-21-25-33-47)60(92)80-50(41-45(2)3)58(90)81-51(42-46-30-22-20-23-31-46)59(91)79-49(35-28-39-77-67(74)75)63(95)86-40-29-36-54(86)62(94)78-48(34-27-38-76-66(72)73)57(89)82-53(44-55(70)87)61(93)85-68(4,5)64(71)96/h20-25,30-33,45,48-54H,8-19,26-29,34-44H2,1-7H3,(H2,70,87)(H2,71,96)(H,78,94)(H,79,91)(H,80,92)(H,81,90)(H,82,89)(H,83,97)(H,84,88)(H,85,93)(H4,72,73,76)(H4,74,75,77)/t48-,49-,50-,51-,52-,53-,54-/m0/s1. The van der Waals surface area contributed by atoms with Crippen molar-refractivity contribution in [2.75, 3.05) is 19.6 Å². The number of guanidine groups is 2. The summed E-state index contributed by atoms with van der Waals surface area (Å²) in [5, 5.41) is 21.8. The van der Waals surface area contributed by atoms with E-state index in [0.717, 1.165) is 19.3 Å². The van der Waals surface area contributed by atoms with Crippen molar-refractivity contribution in [1.29, 1.82) is 0 Å². The Morgan fingerprint density at radius 1 is 0.505 bits per heavy atom. The van der Waals surface area contributed by atoms with Crippen molar-refractivity contribution in [3.8, 4) is 0 Å². The van der Waals surface area contributed by atoms with Crippen LogP contribution in [0.5, 0.6) is 0 Å². The fourth-order valence-electron chi connectivity index (χ4n) is 11.2. The summed E-state index contributed by atoms with van der Waals surface area (Å²) in [6.07, 6.45) is 15.1. The van der Waals surface area contributed by atoms with E-state index in [0.29, 0.717) is 24.0 Å². The van der Waals surface area contributed by atoms with Crippen molar-refractivity contribution in [3.63, 3.8) is 0 Å². The molecule has 0 unspecified atom stereocenters. The predicted molar refractivity (Wildman–Crippen MR) is 374 cm³/mol. The predicted octanol–water partition coefficient (Wildman–Crippen LogP) is 2.16. The maximum Gasteiger partial charge on any atom is 0.245 e. The van der Waals surface area contributed by atoms with Gasteiger partial charge in [-0.15, -0.1) is 0 Å². The monoisotopic (exact) mass is 1360 g/mol. The van der Waals surface area contributed by atoms with Crippen LogP contribution in [0, 0.1) is 5.92 Å². The van der Waals surface area contributed by atoms with Gasteiger partial charge in [-0.05, 0) is 96.1 Å². The average molecular weight is 1360 g/mol. The molecule has 2 aromatic carbocycles. The minimum absolute atomic E-state index is 0.0175. The highest BCUT2D eigenvalue weighted by molar-refractivity contribution is 6.00. The summed E-state index contributed by atoms with van der Waals surface area (Å²) in [6.45, 7) is 11.8. The van der Waals surface area contributed by atoms with Crippen LogP contribution >= 0.6 is 0 Å².